The van der Waals surface area contributed by atoms with Crippen molar-refractivity contribution < 1.29 is 0 Å². The van der Waals surface area contributed by atoms with Crippen LogP contribution in [0.15, 0.2) is 19.7 Å². The summed E-state index contributed by atoms with van der Waals surface area (Å²) in [5.41, 5.74) is 1.03. The van der Waals surface area contributed by atoms with Gasteiger partial charge >= 0.3 is 0 Å². The molecule has 0 aliphatic rings. The number of hydrogen-bond acceptors (Lipinski definition) is 2. The lowest BCUT2D eigenvalue weighted by Crippen LogP contribution is -1.72. The Hall–Kier alpha value is -0.890. The van der Waals surface area contributed by atoms with Crippen molar-refractivity contribution in [3.05, 3.63) is 35.3 Å². The van der Waals surface area contributed by atoms with Crippen molar-refractivity contribution in [1.29, 1.82) is 0 Å². The van der Waals surface area contributed by atoms with Gasteiger partial charge in [0.25, 0.3) is 0 Å². The van der Waals surface area contributed by atoms with Crippen molar-refractivity contribution in [2.24, 2.45) is 0 Å². The maximum absolute atomic E-state index is 4.23. The molecule has 1 rings (SSSR count). The Bertz CT molecular complexity index is 239. The standard InChI is InChI=1S/C7H9NS.2C2H6.C2H4/c1-4-7-5(2)9-6(3)8-7;3*1-2/h4H,1H2,2-3H3;2*1-2H3;1-2H2. The first-order valence-corrected chi connectivity index (χ1v) is 6.12. The van der Waals surface area contributed by atoms with Crippen molar-refractivity contribution in [3.63, 3.8) is 0 Å². The van der Waals surface area contributed by atoms with E-state index in [1.54, 1.807) is 17.4 Å². The first kappa shape index (κ1) is 19.6. The van der Waals surface area contributed by atoms with Gasteiger partial charge in [0.05, 0.1) is 10.7 Å². The Morgan fingerprint density at radius 1 is 1.07 bits per heavy atom. The molecule has 0 fully saturated rings. The average Bonchev–Trinajstić information content (AvgIpc) is 2.65. The molecule has 15 heavy (non-hydrogen) atoms. The van der Waals surface area contributed by atoms with Crippen molar-refractivity contribution in [3.8, 4) is 0 Å². The molecule has 1 heterocycles. The van der Waals surface area contributed by atoms with Crippen LogP contribution in [-0.2, 0) is 0 Å². The number of rotatable bonds is 1. The van der Waals surface area contributed by atoms with Gasteiger partial charge in [-0.1, -0.05) is 34.3 Å². The van der Waals surface area contributed by atoms with Crippen molar-refractivity contribution in [2.45, 2.75) is 41.5 Å². The SMILES string of the molecule is C=C.C=Cc1nc(C)sc1C.CC.CC. The molecule has 0 amide bonds. The summed E-state index contributed by atoms with van der Waals surface area (Å²) in [7, 11) is 0. The minimum atomic E-state index is 1.03. The second-order valence-corrected chi connectivity index (χ2v) is 3.29. The molecule has 0 aliphatic heterocycles. The molecule has 0 saturated carbocycles. The smallest absolute Gasteiger partial charge is 0.0904 e. The van der Waals surface area contributed by atoms with E-state index in [4.69, 9.17) is 0 Å². The summed E-state index contributed by atoms with van der Waals surface area (Å²) in [5, 5.41) is 1.11. The van der Waals surface area contributed by atoms with Gasteiger partial charge in [0.15, 0.2) is 0 Å². The molecule has 0 N–H and O–H groups in total. The van der Waals surface area contributed by atoms with E-state index in [1.807, 2.05) is 34.6 Å². The Kier molecular flexibility index (Phi) is 20.4. The molecule has 0 atom stereocenters. The Morgan fingerprint density at radius 2 is 1.47 bits per heavy atom. The lowest BCUT2D eigenvalue weighted by molar-refractivity contribution is 1.26. The van der Waals surface area contributed by atoms with Crippen LogP contribution >= 0.6 is 11.3 Å². The van der Waals surface area contributed by atoms with E-state index < -0.39 is 0 Å². The zero-order valence-corrected chi connectivity index (χ0v) is 11.9. The van der Waals surface area contributed by atoms with Crippen LogP contribution in [0.1, 0.15) is 43.3 Å². The van der Waals surface area contributed by atoms with E-state index in [0.29, 0.717) is 0 Å². The van der Waals surface area contributed by atoms with E-state index in [2.05, 4.69) is 31.6 Å². The lowest BCUT2D eigenvalue weighted by atomic mass is 10.4. The minimum Gasteiger partial charge on any atom is -0.242 e. The molecule has 1 nitrogen and oxygen atoms in total. The van der Waals surface area contributed by atoms with Crippen molar-refractivity contribution in [1.82, 2.24) is 4.98 Å². The van der Waals surface area contributed by atoms with Crippen LogP contribution in [-0.4, -0.2) is 4.98 Å². The first-order chi connectivity index (χ1) is 7.24. The number of hydrogen-bond donors (Lipinski definition) is 0. The van der Waals surface area contributed by atoms with E-state index in [-0.39, 0.29) is 0 Å². The van der Waals surface area contributed by atoms with Crippen LogP contribution < -0.4 is 0 Å². The highest BCUT2D eigenvalue weighted by molar-refractivity contribution is 7.11. The number of thiazole rings is 1. The largest absolute Gasteiger partial charge is 0.242 e. The van der Waals surface area contributed by atoms with Crippen LogP contribution in [0.25, 0.3) is 6.08 Å². The molecule has 88 valence electrons. The van der Waals surface area contributed by atoms with Crippen LogP contribution in [0, 0.1) is 13.8 Å². The molecule has 0 aromatic carbocycles. The molecule has 0 radical (unpaired) electrons. The number of aryl methyl sites for hydroxylation is 2. The van der Waals surface area contributed by atoms with Gasteiger partial charge in [-0.2, -0.15) is 0 Å². The van der Waals surface area contributed by atoms with E-state index in [1.165, 1.54) is 4.88 Å². The molecule has 1 aromatic heterocycles. The fourth-order valence-electron chi connectivity index (χ4n) is 0.734. The van der Waals surface area contributed by atoms with Crippen LogP contribution in [0.5, 0.6) is 0 Å². The van der Waals surface area contributed by atoms with Gasteiger partial charge in [-0.3, -0.25) is 0 Å². The summed E-state index contributed by atoms with van der Waals surface area (Å²) in [6.45, 7) is 21.7. The van der Waals surface area contributed by atoms with E-state index in [9.17, 15) is 0 Å². The van der Waals surface area contributed by atoms with Crippen LogP contribution in [0.2, 0.25) is 0 Å². The highest BCUT2D eigenvalue weighted by Gasteiger charge is 1.97. The predicted molar refractivity (Wildman–Crippen MR) is 75.6 cm³/mol. The Balaban J connectivity index is -0.000000208. The Morgan fingerprint density at radius 3 is 1.60 bits per heavy atom. The molecular weight excluding hydrogens is 202 g/mol. The third kappa shape index (κ3) is 9.42. The zero-order valence-electron chi connectivity index (χ0n) is 11.1. The van der Waals surface area contributed by atoms with Crippen LogP contribution in [0.4, 0.5) is 0 Å². The van der Waals surface area contributed by atoms with E-state index in [0.717, 1.165) is 10.7 Å². The quantitative estimate of drug-likeness (QED) is 0.596. The molecule has 0 aliphatic carbocycles. The summed E-state index contributed by atoms with van der Waals surface area (Å²) >= 11 is 1.71. The molecule has 2 heteroatoms. The van der Waals surface area contributed by atoms with Gasteiger partial charge in [-0.25, -0.2) is 4.98 Å². The molecule has 0 unspecified atom stereocenters. The normalized spacial score (nSPS) is 6.80. The molecule has 0 bridgehead atoms. The maximum atomic E-state index is 4.23. The molecule has 0 spiro atoms. The topological polar surface area (TPSA) is 12.9 Å². The highest BCUT2D eigenvalue weighted by Crippen LogP contribution is 2.16. The maximum Gasteiger partial charge on any atom is 0.0904 e. The van der Waals surface area contributed by atoms with Crippen molar-refractivity contribution >= 4 is 17.4 Å². The van der Waals surface area contributed by atoms with Gasteiger partial charge in [-0.15, -0.1) is 24.5 Å². The average molecular weight is 227 g/mol. The third-order valence-corrected chi connectivity index (χ3v) is 2.03. The third-order valence-electron chi connectivity index (χ3n) is 1.13. The monoisotopic (exact) mass is 227 g/mol. The zero-order chi connectivity index (χ0) is 12.9. The summed E-state index contributed by atoms with van der Waals surface area (Å²) in [5.74, 6) is 0. The number of aromatic nitrogens is 1. The van der Waals surface area contributed by atoms with Gasteiger partial charge in [0.2, 0.25) is 0 Å². The Labute approximate surface area is 99.6 Å². The predicted octanol–water partition coefficient (Wildman–Crippen LogP) is 5.26. The first-order valence-electron chi connectivity index (χ1n) is 5.30. The fraction of sp³-hybridized carbons (Fsp3) is 0.462. The molecule has 1 aromatic rings. The van der Waals surface area contributed by atoms with Crippen molar-refractivity contribution in [2.75, 3.05) is 0 Å². The summed E-state index contributed by atoms with van der Waals surface area (Å²) in [6, 6.07) is 0. The summed E-state index contributed by atoms with van der Waals surface area (Å²) in [6.07, 6.45) is 1.79. The molecular formula is C13H25NS. The van der Waals surface area contributed by atoms with Crippen LogP contribution in [0.3, 0.4) is 0 Å². The number of nitrogens with zero attached hydrogens (tertiary/aromatic N) is 1. The fourth-order valence-corrected chi connectivity index (χ4v) is 1.56. The van der Waals surface area contributed by atoms with Gasteiger partial charge in [-0.05, 0) is 19.9 Å². The second kappa shape index (κ2) is 15.6. The molecule has 0 saturated heterocycles. The van der Waals surface area contributed by atoms with E-state index >= 15 is 0 Å². The van der Waals surface area contributed by atoms with Gasteiger partial charge in [0, 0.05) is 4.88 Å². The van der Waals surface area contributed by atoms with Gasteiger partial charge < -0.3 is 0 Å². The lowest BCUT2D eigenvalue weighted by Gasteiger charge is -1.80. The highest BCUT2D eigenvalue weighted by atomic mass is 32.1. The summed E-state index contributed by atoms with van der Waals surface area (Å²) in [4.78, 5) is 5.48. The summed E-state index contributed by atoms with van der Waals surface area (Å²) < 4.78 is 0. The minimum absolute atomic E-state index is 1.03. The van der Waals surface area contributed by atoms with Gasteiger partial charge in [0.1, 0.15) is 0 Å². The second-order valence-electron chi connectivity index (χ2n) is 1.88.